The van der Waals surface area contributed by atoms with Gasteiger partial charge in [0.1, 0.15) is 5.60 Å². The molecule has 0 aromatic carbocycles. The van der Waals surface area contributed by atoms with Gasteiger partial charge in [-0.1, -0.05) is 5.16 Å². The van der Waals surface area contributed by atoms with Crippen molar-refractivity contribution < 1.29 is 23.9 Å². The van der Waals surface area contributed by atoms with Crippen molar-refractivity contribution in [3.63, 3.8) is 0 Å². The van der Waals surface area contributed by atoms with E-state index in [1.165, 1.54) is 7.11 Å². The van der Waals surface area contributed by atoms with Crippen molar-refractivity contribution in [1.29, 1.82) is 0 Å². The predicted molar refractivity (Wildman–Crippen MR) is 98.3 cm³/mol. The molecule has 7 heteroatoms. The maximum Gasteiger partial charge on any atom is 0.410 e. The third kappa shape index (κ3) is 2.99. The molecule has 2 bridgehead atoms. The lowest BCUT2D eigenvalue weighted by molar-refractivity contribution is -0.160. The Labute approximate surface area is 160 Å². The van der Waals surface area contributed by atoms with Gasteiger partial charge in [0.15, 0.2) is 5.60 Å². The zero-order valence-electron chi connectivity index (χ0n) is 16.8. The molecule has 0 radical (unpaired) electrons. The Balaban J connectivity index is 1.35. The number of methoxy groups -OCH3 is 1. The zero-order valence-corrected chi connectivity index (χ0v) is 16.8. The van der Waals surface area contributed by atoms with Crippen LogP contribution in [0.4, 0.5) is 4.79 Å². The summed E-state index contributed by atoms with van der Waals surface area (Å²) in [6.45, 7) is 6.66. The SMILES string of the molecule is COC(=O)C12CCC(C3=NOC4(C3)CN(C(=O)OC(C)(C)C)C4)(CC1)CC2. The van der Waals surface area contributed by atoms with Crippen LogP contribution < -0.4 is 0 Å². The highest BCUT2D eigenvalue weighted by Gasteiger charge is 2.60. The van der Waals surface area contributed by atoms with Gasteiger partial charge in [0.05, 0.1) is 31.3 Å². The Kier molecular flexibility index (Phi) is 4.02. The number of oxime groups is 1. The van der Waals surface area contributed by atoms with Crippen molar-refractivity contribution in [3.05, 3.63) is 0 Å². The summed E-state index contributed by atoms with van der Waals surface area (Å²) in [6, 6.07) is 0. The lowest BCUT2D eigenvalue weighted by atomic mass is 9.51. The van der Waals surface area contributed by atoms with E-state index in [-0.39, 0.29) is 28.5 Å². The van der Waals surface area contributed by atoms with E-state index in [2.05, 4.69) is 5.16 Å². The number of hydrogen-bond donors (Lipinski definition) is 0. The van der Waals surface area contributed by atoms with Crippen molar-refractivity contribution in [2.45, 2.75) is 76.9 Å². The van der Waals surface area contributed by atoms with Crippen LogP contribution >= 0.6 is 0 Å². The third-order valence-corrected chi connectivity index (χ3v) is 6.93. The van der Waals surface area contributed by atoms with Crippen LogP contribution in [0.2, 0.25) is 0 Å². The van der Waals surface area contributed by atoms with Gasteiger partial charge in [0.25, 0.3) is 0 Å². The summed E-state index contributed by atoms with van der Waals surface area (Å²) in [5.41, 5.74) is 0.0383. The molecule has 0 N–H and O–H groups in total. The normalized spacial score (nSPS) is 33.9. The van der Waals surface area contributed by atoms with Crippen LogP contribution in [0, 0.1) is 10.8 Å². The van der Waals surface area contributed by atoms with E-state index in [1.807, 2.05) is 20.8 Å². The van der Waals surface area contributed by atoms with Crippen molar-refractivity contribution in [2.75, 3.05) is 20.2 Å². The molecule has 0 aromatic heterocycles. The van der Waals surface area contributed by atoms with Gasteiger partial charge in [0.2, 0.25) is 0 Å². The van der Waals surface area contributed by atoms with E-state index in [4.69, 9.17) is 14.3 Å². The molecule has 27 heavy (non-hydrogen) atoms. The molecule has 5 rings (SSSR count). The fraction of sp³-hybridized carbons (Fsp3) is 0.850. The predicted octanol–water partition coefficient (Wildman–Crippen LogP) is 3.27. The number of amides is 1. The fourth-order valence-electron chi connectivity index (χ4n) is 5.22. The molecule has 1 spiro atoms. The second kappa shape index (κ2) is 5.85. The zero-order chi connectivity index (χ0) is 19.5. The summed E-state index contributed by atoms with van der Waals surface area (Å²) in [4.78, 5) is 31.9. The molecule has 0 aromatic rings. The number of carbonyl (C=O) groups excluding carboxylic acids is 2. The topological polar surface area (TPSA) is 77.4 Å². The first-order chi connectivity index (χ1) is 12.6. The third-order valence-electron chi connectivity index (χ3n) is 6.93. The highest BCUT2D eigenvalue weighted by molar-refractivity contribution is 5.93. The lowest BCUT2D eigenvalue weighted by Crippen LogP contribution is -2.64. The summed E-state index contributed by atoms with van der Waals surface area (Å²) < 4.78 is 10.5. The summed E-state index contributed by atoms with van der Waals surface area (Å²) in [6.07, 6.45) is 6.00. The quantitative estimate of drug-likeness (QED) is 0.689. The van der Waals surface area contributed by atoms with E-state index >= 15 is 0 Å². The number of esters is 1. The molecule has 2 aliphatic heterocycles. The van der Waals surface area contributed by atoms with Gasteiger partial charge >= 0.3 is 12.1 Å². The van der Waals surface area contributed by atoms with E-state index in [0.717, 1.165) is 50.7 Å². The molecule has 5 aliphatic rings. The monoisotopic (exact) mass is 378 g/mol. The first-order valence-corrected chi connectivity index (χ1v) is 9.93. The van der Waals surface area contributed by atoms with Gasteiger partial charge in [-0.2, -0.15) is 0 Å². The van der Waals surface area contributed by atoms with Crippen LogP contribution in [0.25, 0.3) is 0 Å². The standard InChI is InChI=1S/C20H30N2O5/c1-17(2,3)26-16(24)22-12-20(13-22)11-14(21-27-20)18-5-8-19(9-6-18,10-7-18)15(23)25-4/h5-13H2,1-4H3. The summed E-state index contributed by atoms with van der Waals surface area (Å²) in [5.74, 6) is -0.0520. The number of ether oxygens (including phenoxy) is 2. The Morgan fingerprint density at radius 1 is 1.07 bits per heavy atom. The van der Waals surface area contributed by atoms with Gasteiger partial charge in [-0.25, -0.2) is 4.79 Å². The van der Waals surface area contributed by atoms with E-state index in [9.17, 15) is 9.59 Å². The summed E-state index contributed by atoms with van der Waals surface area (Å²) in [5, 5.41) is 4.48. The number of fused-ring (bicyclic) bond motifs is 3. The second-order valence-electron chi connectivity index (χ2n) is 9.88. The van der Waals surface area contributed by atoms with Crippen molar-refractivity contribution in [3.8, 4) is 0 Å². The molecule has 7 nitrogen and oxygen atoms in total. The molecule has 150 valence electrons. The fourth-order valence-corrected chi connectivity index (χ4v) is 5.22. The number of hydrogen-bond acceptors (Lipinski definition) is 6. The Hall–Kier alpha value is -1.79. The Morgan fingerprint density at radius 3 is 2.19 bits per heavy atom. The van der Waals surface area contributed by atoms with Crippen molar-refractivity contribution >= 4 is 17.8 Å². The average molecular weight is 378 g/mol. The molecular formula is C20H30N2O5. The molecule has 0 unspecified atom stereocenters. The summed E-state index contributed by atoms with van der Waals surface area (Å²) >= 11 is 0. The minimum absolute atomic E-state index is 0.0520. The lowest BCUT2D eigenvalue weighted by Gasteiger charge is -2.52. The number of carbonyl (C=O) groups is 2. The minimum Gasteiger partial charge on any atom is -0.469 e. The van der Waals surface area contributed by atoms with Crippen LogP contribution in [0.3, 0.4) is 0 Å². The highest BCUT2D eigenvalue weighted by atomic mass is 16.7. The Bertz CT molecular complexity index is 662. The molecular weight excluding hydrogens is 348 g/mol. The molecule has 4 fully saturated rings. The largest absolute Gasteiger partial charge is 0.469 e. The van der Waals surface area contributed by atoms with E-state index < -0.39 is 5.60 Å². The first kappa shape index (κ1) is 18.6. The van der Waals surface area contributed by atoms with E-state index in [1.54, 1.807) is 4.90 Å². The van der Waals surface area contributed by atoms with E-state index in [0.29, 0.717) is 13.1 Å². The van der Waals surface area contributed by atoms with Gasteiger partial charge < -0.3 is 14.3 Å². The molecule has 3 aliphatic carbocycles. The minimum atomic E-state index is -0.493. The number of likely N-dealkylation sites (tertiary alicyclic amines) is 1. The van der Waals surface area contributed by atoms with Gasteiger partial charge in [-0.15, -0.1) is 0 Å². The van der Waals surface area contributed by atoms with Crippen LogP contribution in [0.15, 0.2) is 5.16 Å². The van der Waals surface area contributed by atoms with Gasteiger partial charge in [0, 0.05) is 11.8 Å². The van der Waals surface area contributed by atoms with Gasteiger partial charge in [-0.05, 0) is 59.3 Å². The van der Waals surface area contributed by atoms with Crippen molar-refractivity contribution in [2.24, 2.45) is 16.0 Å². The number of nitrogens with zero attached hydrogens (tertiary/aromatic N) is 2. The van der Waals surface area contributed by atoms with Crippen LogP contribution in [0.1, 0.15) is 65.7 Å². The molecule has 2 heterocycles. The van der Waals surface area contributed by atoms with Crippen molar-refractivity contribution in [1.82, 2.24) is 4.90 Å². The first-order valence-electron chi connectivity index (χ1n) is 9.93. The molecule has 3 saturated carbocycles. The molecule has 1 saturated heterocycles. The molecule has 0 atom stereocenters. The van der Waals surface area contributed by atoms with Gasteiger partial charge in [-0.3, -0.25) is 9.69 Å². The molecule has 1 amide bonds. The average Bonchev–Trinajstić information content (AvgIpc) is 3.06. The van der Waals surface area contributed by atoms with Crippen LogP contribution in [-0.4, -0.2) is 54.1 Å². The number of rotatable bonds is 2. The summed E-state index contributed by atoms with van der Waals surface area (Å²) in [7, 11) is 1.49. The highest BCUT2D eigenvalue weighted by Crippen LogP contribution is 2.59. The van der Waals surface area contributed by atoms with Crippen LogP contribution in [0.5, 0.6) is 0 Å². The maximum absolute atomic E-state index is 12.2. The smallest absolute Gasteiger partial charge is 0.410 e. The second-order valence-corrected chi connectivity index (χ2v) is 9.88. The Morgan fingerprint density at radius 2 is 1.67 bits per heavy atom. The maximum atomic E-state index is 12.2. The van der Waals surface area contributed by atoms with Crippen LogP contribution in [-0.2, 0) is 19.1 Å².